The van der Waals surface area contributed by atoms with Crippen LogP contribution in [0.15, 0.2) is 30.6 Å². The first-order valence-electron chi connectivity index (χ1n) is 11.9. The zero-order chi connectivity index (χ0) is 23.7. The minimum atomic E-state index is -0.579. The summed E-state index contributed by atoms with van der Waals surface area (Å²) in [6.07, 6.45) is 4.48. The van der Waals surface area contributed by atoms with Gasteiger partial charge in [-0.25, -0.2) is 4.98 Å². The van der Waals surface area contributed by atoms with Gasteiger partial charge < -0.3 is 20.1 Å². The average molecular weight is 466 g/mol. The van der Waals surface area contributed by atoms with Gasteiger partial charge in [-0.2, -0.15) is 0 Å². The van der Waals surface area contributed by atoms with Crippen LogP contribution in [0.2, 0.25) is 0 Å². The number of aryl methyl sites for hydroxylation is 1. The molecule has 2 aromatic rings. The van der Waals surface area contributed by atoms with E-state index in [0.29, 0.717) is 25.1 Å². The number of aromatic nitrogens is 2. The summed E-state index contributed by atoms with van der Waals surface area (Å²) >= 11 is 0. The van der Waals surface area contributed by atoms with Gasteiger partial charge in [0.15, 0.2) is 0 Å². The van der Waals surface area contributed by atoms with Crippen LogP contribution in [0.1, 0.15) is 46.2 Å². The predicted octanol–water partition coefficient (Wildman–Crippen LogP) is -0.0828. The Morgan fingerprint density at radius 3 is 2.88 bits per heavy atom. The zero-order valence-corrected chi connectivity index (χ0v) is 19.4. The van der Waals surface area contributed by atoms with Crippen molar-refractivity contribution in [2.24, 2.45) is 7.05 Å². The summed E-state index contributed by atoms with van der Waals surface area (Å²) in [7, 11) is 2.04. The Kier molecular flexibility index (Phi) is 6.44. The predicted molar refractivity (Wildman–Crippen MR) is 125 cm³/mol. The highest BCUT2D eigenvalue weighted by Gasteiger charge is 2.39. The number of amides is 3. The van der Waals surface area contributed by atoms with Gasteiger partial charge >= 0.3 is 0 Å². The SMILES string of the molecule is Cn1ccnc1C1CNCCN1CCNCc1ccc2c(c1)CN(C1CCC(=O)NC1=O)C2=O. The van der Waals surface area contributed by atoms with Crippen LogP contribution in [0, 0.1) is 0 Å². The van der Waals surface area contributed by atoms with Crippen LogP contribution in [0.3, 0.4) is 0 Å². The molecule has 0 radical (unpaired) electrons. The molecule has 10 nitrogen and oxygen atoms in total. The van der Waals surface area contributed by atoms with Crippen molar-refractivity contribution in [2.75, 3.05) is 32.7 Å². The quantitative estimate of drug-likeness (QED) is 0.387. The number of hydrogen-bond donors (Lipinski definition) is 3. The summed E-state index contributed by atoms with van der Waals surface area (Å²) in [5.41, 5.74) is 2.69. The molecule has 180 valence electrons. The second kappa shape index (κ2) is 9.65. The number of nitrogens with one attached hydrogen (secondary N) is 3. The first kappa shape index (κ1) is 22.7. The van der Waals surface area contributed by atoms with E-state index in [4.69, 9.17) is 0 Å². The first-order chi connectivity index (χ1) is 16.5. The number of imide groups is 1. The molecule has 3 aliphatic heterocycles. The molecule has 3 N–H and O–H groups in total. The number of carbonyl (C=O) groups excluding carboxylic acids is 3. The van der Waals surface area contributed by atoms with Crippen LogP contribution in [0.5, 0.6) is 0 Å². The molecule has 4 heterocycles. The molecular weight excluding hydrogens is 434 g/mol. The number of piperazine rings is 1. The fourth-order valence-corrected chi connectivity index (χ4v) is 5.16. The molecule has 0 spiro atoms. The third kappa shape index (κ3) is 4.48. The van der Waals surface area contributed by atoms with E-state index in [1.807, 2.05) is 37.6 Å². The average Bonchev–Trinajstić information content (AvgIpc) is 3.40. The molecule has 0 saturated carbocycles. The third-order valence-corrected chi connectivity index (χ3v) is 7.00. The fourth-order valence-electron chi connectivity index (χ4n) is 5.16. The van der Waals surface area contributed by atoms with Crippen molar-refractivity contribution in [1.82, 2.24) is 35.3 Å². The summed E-state index contributed by atoms with van der Waals surface area (Å²) < 4.78 is 2.09. The summed E-state index contributed by atoms with van der Waals surface area (Å²) in [4.78, 5) is 45.1. The minimum absolute atomic E-state index is 0.136. The monoisotopic (exact) mass is 465 g/mol. The zero-order valence-electron chi connectivity index (χ0n) is 19.4. The van der Waals surface area contributed by atoms with E-state index >= 15 is 0 Å². The van der Waals surface area contributed by atoms with Crippen molar-refractivity contribution in [2.45, 2.75) is 38.0 Å². The second-order valence-electron chi connectivity index (χ2n) is 9.22. The van der Waals surface area contributed by atoms with Gasteiger partial charge in [0, 0.05) is 77.2 Å². The van der Waals surface area contributed by atoms with E-state index in [-0.39, 0.29) is 30.2 Å². The molecule has 10 heteroatoms. The number of benzene rings is 1. The van der Waals surface area contributed by atoms with Crippen LogP contribution < -0.4 is 16.0 Å². The lowest BCUT2D eigenvalue weighted by molar-refractivity contribution is -0.136. The Hall–Kier alpha value is -3.08. The first-order valence-corrected chi connectivity index (χ1v) is 11.9. The van der Waals surface area contributed by atoms with Gasteiger partial charge in [-0.1, -0.05) is 12.1 Å². The Morgan fingerprint density at radius 2 is 2.09 bits per heavy atom. The summed E-state index contributed by atoms with van der Waals surface area (Å²) in [5, 5.41) is 9.34. The van der Waals surface area contributed by atoms with Gasteiger partial charge in [0.05, 0.1) is 6.04 Å². The molecule has 0 aliphatic carbocycles. The highest BCUT2D eigenvalue weighted by molar-refractivity contribution is 6.05. The molecule has 0 bridgehead atoms. The van der Waals surface area contributed by atoms with E-state index in [2.05, 4.69) is 30.4 Å². The molecule has 2 fully saturated rings. The number of rotatable bonds is 7. The largest absolute Gasteiger partial charge is 0.337 e. The van der Waals surface area contributed by atoms with Gasteiger partial charge in [-0.05, 0) is 23.6 Å². The lowest BCUT2D eigenvalue weighted by Gasteiger charge is -2.35. The highest BCUT2D eigenvalue weighted by atomic mass is 16.2. The maximum Gasteiger partial charge on any atom is 0.255 e. The van der Waals surface area contributed by atoms with Gasteiger partial charge in [0.1, 0.15) is 11.9 Å². The molecule has 34 heavy (non-hydrogen) atoms. The van der Waals surface area contributed by atoms with Crippen LogP contribution in [0.4, 0.5) is 0 Å². The van der Waals surface area contributed by atoms with E-state index in [1.54, 1.807) is 4.90 Å². The highest BCUT2D eigenvalue weighted by Crippen LogP contribution is 2.28. The lowest BCUT2D eigenvalue weighted by atomic mass is 10.0. The Balaban J connectivity index is 1.15. The summed E-state index contributed by atoms with van der Waals surface area (Å²) in [6, 6.07) is 5.56. The van der Waals surface area contributed by atoms with Crippen molar-refractivity contribution in [1.29, 1.82) is 0 Å². The number of hydrogen-bond acceptors (Lipinski definition) is 7. The number of carbonyl (C=O) groups is 3. The van der Waals surface area contributed by atoms with Crippen LogP contribution in [-0.2, 0) is 29.7 Å². The molecule has 3 aliphatic rings. The van der Waals surface area contributed by atoms with E-state index in [0.717, 1.165) is 49.7 Å². The molecule has 1 aromatic carbocycles. The number of piperidine rings is 1. The van der Waals surface area contributed by atoms with E-state index in [1.165, 1.54) is 0 Å². The van der Waals surface area contributed by atoms with E-state index < -0.39 is 6.04 Å². The summed E-state index contributed by atoms with van der Waals surface area (Å²) in [6.45, 7) is 5.73. The van der Waals surface area contributed by atoms with E-state index in [9.17, 15) is 14.4 Å². The van der Waals surface area contributed by atoms with Crippen molar-refractivity contribution in [3.8, 4) is 0 Å². The maximum atomic E-state index is 12.8. The molecular formula is C24H31N7O3. The third-order valence-electron chi connectivity index (χ3n) is 7.00. The smallest absolute Gasteiger partial charge is 0.255 e. The lowest BCUT2D eigenvalue weighted by Crippen LogP contribution is -2.52. The normalized spacial score (nSPS) is 23.3. The molecule has 2 saturated heterocycles. The molecule has 3 amide bonds. The Labute approximate surface area is 198 Å². The van der Waals surface area contributed by atoms with Gasteiger partial charge in [-0.3, -0.25) is 24.6 Å². The topological polar surface area (TPSA) is 112 Å². The van der Waals surface area contributed by atoms with Crippen molar-refractivity contribution in [3.05, 3.63) is 53.1 Å². The molecule has 5 rings (SSSR count). The molecule has 1 aromatic heterocycles. The van der Waals surface area contributed by atoms with Gasteiger partial charge in [-0.15, -0.1) is 0 Å². The van der Waals surface area contributed by atoms with Crippen LogP contribution in [-0.4, -0.2) is 75.8 Å². The summed E-state index contributed by atoms with van der Waals surface area (Å²) in [5.74, 6) is 0.293. The number of nitrogens with zero attached hydrogens (tertiary/aromatic N) is 4. The Bertz CT molecular complexity index is 1100. The van der Waals surface area contributed by atoms with Gasteiger partial charge in [0.2, 0.25) is 11.8 Å². The Morgan fingerprint density at radius 1 is 1.21 bits per heavy atom. The van der Waals surface area contributed by atoms with Crippen LogP contribution >= 0.6 is 0 Å². The second-order valence-corrected chi connectivity index (χ2v) is 9.22. The minimum Gasteiger partial charge on any atom is -0.337 e. The van der Waals surface area contributed by atoms with Crippen molar-refractivity contribution >= 4 is 17.7 Å². The van der Waals surface area contributed by atoms with Crippen molar-refractivity contribution < 1.29 is 14.4 Å². The number of imidazole rings is 1. The fraction of sp³-hybridized carbons (Fsp3) is 0.500. The maximum absolute atomic E-state index is 12.8. The van der Waals surface area contributed by atoms with Crippen LogP contribution in [0.25, 0.3) is 0 Å². The standard InChI is InChI=1S/C24H31N7O3/c1-29-9-8-27-22(29)20-14-26-7-11-30(20)10-6-25-13-16-2-3-18-17(12-16)15-31(24(18)34)19-4-5-21(32)28-23(19)33/h2-3,8-9,12,19-20,25-26H,4-7,10-11,13-15H2,1H3,(H,28,32,33). The van der Waals surface area contributed by atoms with Crippen molar-refractivity contribution in [3.63, 3.8) is 0 Å². The van der Waals surface area contributed by atoms with Gasteiger partial charge in [0.25, 0.3) is 5.91 Å². The molecule has 2 unspecified atom stereocenters. The molecule has 2 atom stereocenters. The number of fused-ring (bicyclic) bond motifs is 1.